The second-order valence-corrected chi connectivity index (χ2v) is 8.49. The number of furan rings is 1. The van der Waals surface area contributed by atoms with Crippen LogP contribution in [0.2, 0.25) is 0 Å². The second kappa shape index (κ2) is 9.53. The number of amides is 1. The number of nitrogens with one attached hydrogen (secondary N) is 1. The molecule has 0 fully saturated rings. The average Bonchev–Trinajstić information content (AvgIpc) is 3.36. The minimum atomic E-state index is -0.427. The molecule has 8 heteroatoms. The van der Waals surface area contributed by atoms with Crippen molar-refractivity contribution < 1.29 is 9.21 Å². The smallest absolute Gasteiger partial charge is 0.292 e. The van der Waals surface area contributed by atoms with Crippen LogP contribution in [0.15, 0.2) is 45.5 Å². The van der Waals surface area contributed by atoms with E-state index in [1.165, 1.54) is 0 Å². The Morgan fingerprint density at radius 3 is 2.56 bits per heavy atom. The molecule has 1 unspecified atom stereocenters. The van der Waals surface area contributed by atoms with Gasteiger partial charge in [-0.15, -0.1) is 0 Å². The maximum atomic E-state index is 12.9. The maximum absolute atomic E-state index is 12.9. The van der Waals surface area contributed by atoms with E-state index in [4.69, 9.17) is 14.4 Å². The summed E-state index contributed by atoms with van der Waals surface area (Å²) in [5, 5.41) is 13.0. The highest BCUT2D eigenvalue weighted by Gasteiger charge is 2.27. The Labute approximate surface area is 194 Å². The molecule has 3 heterocycles. The number of nitrogens with zero attached hydrogens (tertiary/aromatic N) is 4. The van der Waals surface area contributed by atoms with Crippen molar-refractivity contribution in [2.24, 2.45) is 0 Å². The van der Waals surface area contributed by atoms with Gasteiger partial charge in [-0.25, -0.2) is 9.97 Å². The molecule has 0 saturated heterocycles. The molecule has 0 aliphatic rings. The number of nitriles is 1. The minimum absolute atomic E-state index is 0.0697. The van der Waals surface area contributed by atoms with Gasteiger partial charge in [0.2, 0.25) is 0 Å². The molecule has 0 saturated carbocycles. The fourth-order valence-corrected chi connectivity index (χ4v) is 4.31. The average molecular weight is 494 g/mol. The van der Waals surface area contributed by atoms with Crippen molar-refractivity contribution in [3.8, 4) is 6.07 Å². The number of para-hydroxylation sites is 2. The van der Waals surface area contributed by atoms with E-state index in [0.717, 1.165) is 37.6 Å². The van der Waals surface area contributed by atoms with E-state index in [-0.39, 0.29) is 11.8 Å². The maximum Gasteiger partial charge on any atom is 0.292 e. The highest BCUT2D eigenvalue weighted by molar-refractivity contribution is 9.10. The van der Waals surface area contributed by atoms with Crippen molar-refractivity contribution in [3.05, 3.63) is 52.4 Å². The number of hydrogen-bond acceptors (Lipinski definition) is 5. The van der Waals surface area contributed by atoms with Crippen LogP contribution in [0.1, 0.15) is 68.1 Å². The van der Waals surface area contributed by atoms with Crippen molar-refractivity contribution in [2.45, 2.75) is 52.0 Å². The fourth-order valence-electron chi connectivity index (χ4n) is 4.00. The zero-order chi connectivity index (χ0) is 22.7. The van der Waals surface area contributed by atoms with Gasteiger partial charge in [0, 0.05) is 6.04 Å². The summed E-state index contributed by atoms with van der Waals surface area (Å²) in [4.78, 5) is 22.5. The van der Waals surface area contributed by atoms with Crippen LogP contribution in [0.4, 0.5) is 5.82 Å². The molecule has 1 amide bonds. The molecule has 0 radical (unpaired) electrons. The van der Waals surface area contributed by atoms with Crippen LogP contribution < -0.4 is 5.32 Å². The fraction of sp³-hybridized carbons (Fsp3) is 0.333. The highest BCUT2D eigenvalue weighted by Crippen LogP contribution is 2.35. The van der Waals surface area contributed by atoms with Crippen LogP contribution in [0.5, 0.6) is 0 Å². The van der Waals surface area contributed by atoms with E-state index >= 15 is 0 Å². The lowest BCUT2D eigenvalue weighted by Gasteiger charge is -2.21. The molecule has 32 heavy (non-hydrogen) atoms. The molecule has 4 aromatic rings. The molecule has 1 aromatic carbocycles. The first-order valence-electron chi connectivity index (χ1n) is 10.8. The molecule has 1 atom stereocenters. The van der Waals surface area contributed by atoms with Gasteiger partial charge in [0.15, 0.2) is 16.1 Å². The van der Waals surface area contributed by atoms with Crippen molar-refractivity contribution in [1.29, 1.82) is 5.26 Å². The number of hydrogen-bond donors (Lipinski definition) is 1. The molecule has 1 N–H and O–H groups in total. The number of benzene rings is 1. The summed E-state index contributed by atoms with van der Waals surface area (Å²) in [6.07, 6.45) is 5.05. The molecule has 0 bridgehead atoms. The lowest BCUT2D eigenvalue weighted by atomic mass is 10.1. The van der Waals surface area contributed by atoms with E-state index in [1.807, 2.05) is 28.8 Å². The summed E-state index contributed by atoms with van der Waals surface area (Å²) < 4.78 is 7.86. The molecule has 164 valence electrons. The first kappa shape index (κ1) is 22.0. The SMILES string of the molecule is CCCCCC(CC)n1c(NC(=O)c2ccc(Br)o2)c(C#N)c2nc3ccccc3nc21. The zero-order valence-corrected chi connectivity index (χ0v) is 19.6. The lowest BCUT2D eigenvalue weighted by Crippen LogP contribution is -2.18. The van der Waals surface area contributed by atoms with Gasteiger partial charge in [-0.3, -0.25) is 4.79 Å². The summed E-state index contributed by atoms with van der Waals surface area (Å²) in [5.41, 5.74) is 2.88. The van der Waals surface area contributed by atoms with Crippen molar-refractivity contribution >= 4 is 49.9 Å². The Kier molecular flexibility index (Phi) is 6.56. The van der Waals surface area contributed by atoms with E-state index in [2.05, 4.69) is 41.2 Å². The van der Waals surface area contributed by atoms with Crippen LogP contribution in [-0.2, 0) is 0 Å². The molecule has 0 spiro atoms. The number of halogens is 1. The predicted octanol–water partition coefficient (Wildman–Crippen LogP) is 6.60. The zero-order valence-electron chi connectivity index (χ0n) is 18.1. The Hall–Kier alpha value is -3.18. The van der Waals surface area contributed by atoms with Gasteiger partial charge in [0.1, 0.15) is 23.0 Å². The van der Waals surface area contributed by atoms with Crippen LogP contribution in [0, 0.1) is 11.3 Å². The van der Waals surface area contributed by atoms with Crippen LogP contribution in [0.3, 0.4) is 0 Å². The summed E-state index contributed by atoms with van der Waals surface area (Å²) in [6.45, 7) is 4.28. The molecule has 3 aromatic heterocycles. The third kappa shape index (κ3) is 4.13. The third-order valence-corrected chi connectivity index (χ3v) is 6.04. The van der Waals surface area contributed by atoms with Crippen molar-refractivity contribution in [2.75, 3.05) is 5.32 Å². The first-order chi connectivity index (χ1) is 15.6. The number of carbonyl (C=O) groups excluding carboxylic acids is 1. The Balaban J connectivity index is 1.91. The van der Waals surface area contributed by atoms with Gasteiger partial charge in [-0.1, -0.05) is 45.2 Å². The van der Waals surface area contributed by atoms with E-state index in [9.17, 15) is 10.1 Å². The number of rotatable bonds is 8. The summed E-state index contributed by atoms with van der Waals surface area (Å²) in [7, 11) is 0. The summed E-state index contributed by atoms with van der Waals surface area (Å²) >= 11 is 3.23. The standard InChI is InChI=1S/C24H24BrN5O2/c1-3-5-6-9-15(4-2)30-22(29-24(31)19-12-13-20(25)32-19)16(14-26)21-23(30)28-18-11-8-7-10-17(18)27-21/h7-8,10-13,15H,3-6,9H2,1-2H3,(H,29,31). The monoisotopic (exact) mass is 493 g/mol. The van der Waals surface area contributed by atoms with Crippen LogP contribution >= 0.6 is 15.9 Å². The van der Waals surface area contributed by atoms with Crippen molar-refractivity contribution in [1.82, 2.24) is 14.5 Å². The van der Waals surface area contributed by atoms with Gasteiger partial charge < -0.3 is 14.3 Å². The van der Waals surface area contributed by atoms with Gasteiger partial charge in [-0.2, -0.15) is 5.26 Å². The molecular weight excluding hydrogens is 470 g/mol. The van der Waals surface area contributed by atoms with E-state index in [0.29, 0.717) is 32.7 Å². The van der Waals surface area contributed by atoms with Crippen LogP contribution in [-0.4, -0.2) is 20.4 Å². The number of carbonyl (C=O) groups is 1. The Morgan fingerprint density at radius 1 is 1.19 bits per heavy atom. The Bertz CT molecular complexity index is 1320. The van der Waals surface area contributed by atoms with Gasteiger partial charge in [-0.05, 0) is 53.0 Å². The number of aromatic nitrogens is 3. The number of unbranched alkanes of at least 4 members (excludes halogenated alkanes) is 2. The topological polar surface area (TPSA) is 96.7 Å². The van der Waals surface area contributed by atoms with Gasteiger partial charge >= 0.3 is 0 Å². The summed E-state index contributed by atoms with van der Waals surface area (Å²) in [5.74, 6) is 0.144. The first-order valence-corrected chi connectivity index (χ1v) is 11.6. The highest BCUT2D eigenvalue weighted by atomic mass is 79.9. The number of anilines is 1. The van der Waals surface area contributed by atoms with Crippen LogP contribution in [0.25, 0.3) is 22.2 Å². The molecule has 0 aliphatic carbocycles. The Morgan fingerprint density at radius 2 is 1.94 bits per heavy atom. The van der Waals surface area contributed by atoms with Gasteiger partial charge in [0.05, 0.1) is 11.0 Å². The second-order valence-electron chi connectivity index (χ2n) is 7.71. The van der Waals surface area contributed by atoms with Crippen molar-refractivity contribution in [3.63, 3.8) is 0 Å². The molecule has 0 aliphatic heterocycles. The third-order valence-electron chi connectivity index (χ3n) is 5.61. The normalized spacial score (nSPS) is 12.2. The quantitative estimate of drug-likeness (QED) is 0.279. The summed E-state index contributed by atoms with van der Waals surface area (Å²) in [6, 6.07) is 13.1. The largest absolute Gasteiger partial charge is 0.444 e. The minimum Gasteiger partial charge on any atom is -0.444 e. The molecule has 7 nitrogen and oxygen atoms in total. The molecule has 4 rings (SSSR count). The van der Waals surface area contributed by atoms with E-state index < -0.39 is 5.91 Å². The van der Waals surface area contributed by atoms with E-state index in [1.54, 1.807) is 12.1 Å². The lowest BCUT2D eigenvalue weighted by molar-refractivity contribution is 0.0994. The molecular formula is C24H24BrN5O2. The predicted molar refractivity (Wildman–Crippen MR) is 128 cm³/mol. The van der Waals surface area contributed by atoms with Gasteiger partial charge in [0.25, 0.3) is 5.91 Å². The number of fused-ring (bicyclic) bond motifs is 2.